The molecule has 0 heterocycles. The molecule has 0 aromatic heterocycles. The quantitative estimate of drug-likeness (QED) is 0.594. The minimum Gasteiger partial charge on any atom is -0.385 e. The van der Waals surface area contributed by atoms with Crippen molar-refractivity contribution >= 4 is 5.91 Å². The van der Waals surface area contributed by atoms with Crippen LogP contribution in [0.4, 0.5) is 4.39 Å². The van der Waals surface area contributed by atoms with E-state index in [-0.39, 0.29) is 23.6 Å². The Morgan fingerprint density at radius 2 is 2.19 bits per heavy atom. The summed E-state index contributed by atoms with van der Waals surface area (Å²) in [5, 5.41) is 11.3. The maximum atomic E-state index is 13.7. The normalized spacial score (nSPS) is 9.86. The van der Waals surface area contributed by atoms with Crippen LogP contribution in [0, 0.1) is 17.7 Å². The second kappa shape index (κ2) is 9.92. The standard InChI is InChI=1S/C16H20FNO3/c1-21-11-4-2-3-9-18-16(20)14-8-7-13(6-5-10-19)15(17)12-14/h7-8,12,19H,2-4,9-11H2,1H3,(H,18,20). The monoisotopic (exact) mass is 293 g/mol. The van der Waals surface area contributed by atoms with Gasteiger partial charge in [-0.3, -0.25) is 4.79 Å². The van der Waals surface area contributed by atoms with Crippen LogP contribution in [0.3, 0.4) is 0 Å². The molecule has 4 nitrogen and oxygen atoms in total. The summed E-state index contributed by atoms with van der Waals surface area (Å²) >= 11 is 0. The van der Waals surface area contributed by atoms with Gasteiger partial charge in [-0.1, -0.05) is 11.8 Å². The fourth-order valence-electron chi connectivity index (χ4n) is 1.74. The summed E-state index contributed by atoms with van der Waals surface area (Å²) in [4.78, 5) is 11.8. The SMILES string of the molecule is COCCCCCNC(=O)c1ccc(C#CCO)c(F)c1. The molecule has 0 aliphatic carbocycles. The van der Waals surface area contributed by atoms with Gasteiger partial charge in [0.15, 0.2) is 0 Å². The Labute approximate surface area is 124 Å². The first kappa shape index (κ1) is 17.2. The van der Waals surface area contributed by atoms with E-state index in [1.54, 1.807) is 7.11 Å². The van der Waals surface area contributed by atoms with Crippen molar-refractivity contribution in [3.63, 3.8) is 0 Å². The number of aliphatic hydroxyl groups is 1. The second-order valence-corrected chi connectivity index (χ2v) is 4.46. The molecule has 114 valence electrons. The van der Waals surface area contributed by atoms with Gasteiger partial charge in [-0.15, -0.1) is 0 Å². The minimum absolute atomic E-state index is 0.167. The van der Waals surface area contributed by atoms with Crippen LogP contribution >= 0.6 is 0 Å². The van der Waals surface area contributed by atoms with Crippen molar-refractivity contribution in [3.05, 3.63) is 35.1 Å². The highest BCUT2D eigenvalue weighted by atomic mass is 19.1. The number of carbonyl (C=O) groups excluding carboxylic acids is 1. The van der Waals surface area contributed by atoms with Crippen molar-refractivity contribution in [2.75, 3.05) is 26.9 Å². The van der Waals surface area contributed by atoms with Crippen LogP contribution in [-0.4, -0.2) is 37.9 Å². The lowest BCUT2D eigenvalue weighted by Crippen LogP contribution is -2.24. The summed E-state index contributed by atoms with van der Waals surface area (Å²) in [6.45, 7) is 0.941. The van der Waals surface area contributed by atoms with E-state index in [4.69, 9.17) is 9.84 Å². The zero-order valence-corrected chi connectivity index (χ0v) is 12.1. The predicted molar refractivity (Wildman–Crippen MR) is 78.4 cm³/mol. The molecule has 0 atom stereocenters. The molecule has 1 rings (SSSR count). The molecule has 0 radical (unpaired) electrons. The van der Waals surface area contributed by atoms with Crippen LogP contribution in [0.5, 0.6) is 0 Å². The third-order valence-electron chi connectivity index (χ3n) is 2.84. The van der Waals surface area contributed by atoms with Gasteiger partial charge in [-0.25, -0.2) is 4.39 Å². The zero-order chi connectivity index (χ0) is 15.5. The Bertz CT molecular complexity index is 520. The van der Waals surface area contributed by atoms with E-state index in [2.05, 4.69) is 17.2 Å². The van der Waals surface area contributed by atoms with Gasteiger partial charge in [-0.05, 0) is 37.5 Å². The number of hydrogen-bond acceptors (Lipinski definition) is 3. The number of ether oxygens (including phenoxy) is 1. The van der Waals surface area contributed by atoms with Crippen molar-refractivity contribution in [1.82, 2.24) is 5.32 Å². The van der Waals surface area contributed by atoms with Gasteiger partial charge >= 0.3 is 0 Å². The van der Waals surface area contributed by atoms with Crippen LogP contribution in [0.15, 0.2) is 18.2 Å². The van der Waals surface area contributed by atoms with E-state index in [0.29, 0.717) is 6.54 Å². The molecule has 1 aromatic carbocycles. The molecule has 0 bridgehead atoms. The third kappa shape index (κ3) is 6.39. The van der Waals surface area contributed by atoms with Crippen molar-refractivity contribution in [3.8, 4) is 11.8 Å². The van der Waals surface area contributed by atoms with Crippen LogP contribution in [0.1, 0.15) is 35.2 Å². The number of amides is 1. The van der Waals surface area contributed by atoms with E-state index in [9.17, 15) is 9.18 Å². The van der Waals surface area contributed by atoms with Crippen LogP contribution in [-0.2, 0) is 4.74 Å². The van der Waals surface area contributed by atoms with Gasteiger partial charge in [0, 0.05) is 25.8 Å². The fourth-order valence-corrected chi connectivity index (χ4v) is 1.74. The second-order valence-electron chi connectivity index (χ2n) is 4.46. The Hall–Kier alpha value is -1.90. The number of nitrogens with one attached hydrogen (secondary N) is 1. The summed E-state index contributed by atoms with van der Waals surface area (Å²) in [6, 6.07) is 4.11. The van der Waals surface area contributed by atoms with Gasteiger partial charge in [0.1, 0.15) is 12.4 Å². The Balaban J connectivity index is 2.46. The van der Waals surface area contributed by atoms with Gasteiger partial charge in [0.05, 0.1) is 5.56 Å². The maximum Gasteiger partial charge on any atom is 0.251 e. The summed E-state index contributed by atoms with van der Waals surface area (Å²) in [5.41, 5.74) is 0.430. The van der Waals surface area contributed by atoms with Gasteiger partial charge in [-0.2, -0.15) is 0 Å². The van der Waals surface area contributed by atoms with E-state index in [0.717, 1.165) is 31.9 Å². The minimum atomic E-state index is -0.566. The number of carbonyl (C=O) groups is 1. The molecule has 2 N–H and O–H groups in total. The first-order valence-corrected chi connectivity index (χ1v) is 6.85. The number of methoxy groups -OCH3 is 1. The lowest BCUT2D eigenvalue weighted by Gasteiger charge is -2.06. The molecule has 0 aliphatic heterocycles. The van der Waals surface area contributed by atoms with Crippen molar-refractivity contribution < 1.29 is 19.0 Å². The van der Waals surface area contributed by atoms with Gasteiger partial charge in [0.25, 0.3) is 5.91 Å². The number of aliphatic hydroxyl groups excluding tert-OH is 1. The van der Waals surface area contributed by atoms with E-state index < -0.39 is 5.82 Å². The molecule has 0 saturated heterocycles. The van der Waals surface area contributed by atoms with Gasteiger partial charge in [0.2, 0.25) is 0 Å². The van der Waals surface area contributed by atoms with Crippen LogP contribution in [0.25, 0.3) is 0 Å². The summed E-state index contributed by atoms with van der Waals surface area (Å²) < 4.78 is 18.6. The first-order chi connectivity index (χ1) is 10.2. The zero-order valence-electron chi connectivity index (χ0n) is 12.1. The van der Waals surface area contributed by atoms with Crippen LogP contribution in [0.2, 0.25) is 0 Å². The van der Waals surface area contributed by atoms with Gasteiger partial charge < -0.3 is 15.2 Å². The number of unbranched alkanes of at least 4 members (excludes halogenated alkanes) is 2. The fraction of sp³-hybridized carbons (Fsp3) is 0.438. The molecule has 1 amide bonds. The van der Waals surface area contributed by atoms with Crippen molar-refractivity contribution in [2.45, 2.75) is 19.3 Å². The molecule has 5 heteroatoms. The van der Waals surface area contributed by atoms with E-state index in [1.165, 1.54) is 12.1 Å². The molecule has 0 spiro atoms. The Morgan fingerprint density at radius 1 is 1.38 bits per heavy atom. The summed E-state index contributed by atoms with van der Waals surface area (Å²) in [6.07, 6.45) is 2.79. The molecule has 0 unspecified atom stereocenters. The maximum absolute atomic E-state index is 13.7. The lowest BCUT2D eigenvalue weighted by molar-refractivity contribution is 0.0952. The molecule has 0 saturated carbocycles. The number of halogens is 1. The molecular weight excluding hydrogens is 273 g/mol. The van der Waals surface area contributed by atoms with Crippen LogP contribution < -0.4 is 5.32 Å². The summed E-state index contributed by atoms with van der Waals surface area (Å²) in [5.74, 6) is 3.98. The molecular formula is C16H20FNO3. The lowest BCUT2D eigenvalue weighted by atomic mass is 10.1. The van der Waals surface area contributed by atoms with E-state index >= 15 is 0 Å². The van der Waals surface area contributed by atoms with Crippen molar-refractivity contribution in [2.24, 2.45) is 0 Å². The highest BCUT2D eigenvalue weighted by molar-refractivity contribution is 5.94. The average molecular weight is 293 g/mol. The molecule has 1 aromatic rings. The molecule has 0 fully saturated rings. The average Bonchev–Trinajstić information content (AvgIpc) is 2.49. The highest BCUT2D eigenvalue weighted by Crippen LogP contribution is 2.09. The van der Waals surface area contributed by atoms with E-state index in [1.807, 2.05) is 0 Å². The Morgan fingerprint density at radius 3 is 2.86 bits per heavy atom. The third-order valence-corrected chi connectivity index (χ3v) is 2.84. The summed E-state index contributed by atoms with van der Waals surface area (Å²) in [7, 11) is 1.66. The smallest absolute Gasteiger partial charge is 0.251 e. The Kier molecular flexibility index (Phi) is 8.10. The molecule has 0 aliphatic rings. The molecule has 21 heavy (non-hydrogen) atoms. The number of hydrogen-bond donors (Lipinski definition) is 2. The number of benzene rings is 1. The highest BCUT2D eigenvalue weighted by Gasteiger charge is 2.08. The topological polar surface area (TPSA) is 58.6 Å². The first-order valence-electron chi connectivity index (χ1n) is 6.85. The number of rotatable bonds is 7. The predicted octanol–water partition coefficient (Wildman–Crippen LogP) is 1.72. The largest absolute Gasteiger partial charge is 0.385 e. The van der Waals surface area contributed by atoms with Crippen molar-refractivity contribution in [1.29, 1.82) is 0 Å².